The number of carbonyl (C=O) groups excluding carboxylic acids is 1. The molecule has 0 bridgehead atoms. The fourth-order valence-electron chi connectivity index (χ4n) is 0.920. The van der Waals surface area contributed by atoms with Crippen LogP contribution in [0, 0.1) is 11.3 Å². The first-order chi connectivity index (χ1) is 6.77. The fraction of sp³-hybridized carbons (Fsp3) is 0.200. The lowest BCUT2D eigenvalue weighted by atomic mass is 10.2. The van der Waals surface area contributed by atoms with Gasteiger partial charge in [-0.1, -0.05) is 6.07 Å². The maximum atomic E-state index is 11.3. The summed E-state index contributed by atoms with van der Waals surface area (Å²) in [5, 5.41) is 13.2. The van der Waals surface area contributed by atoms with E-state index in [9.17, 15) is 4.79 Å². The highest BCUT2D eigenvalue weighted by atomic mass is 32.1. The molecule has 0 spiro atoms. The molecule has 1 heterocycles. The average molecular weight is 206 g/mol. The average Bonchev–Trinajstić information content (AvgIpc) is 2.66. The first kappa shape index (κ1) is 10.5. The number of hydrogen-bond donors (Lipinski definition) is 1. The second-order valence-corrected chi connectivity index (χ2v) is 3.52. The maximum Gasteiger partial charge on any atom is 0.261 e. The summed E-state index contributed by atoms with van der Waals surface area (Å²) in [6.07, 6.45) is 1.59. The Kier molecular flexibility index (Phi) is 3.89. The van der Waals surface area contributed by atoms with Crippen molar-refractivity contribution in [2.24, 2.45) is 0 Å². The van der Waals surface area contributed by atoms with Crippen LogP contribution in [-0.2, 0) is 4.79 Å². The lowest BCUT2D eigenvalue weighted by Crippen LogP contribution is -2.23. The molecular formula is C10H10N2OS. The van der Waals surface area contributed by atoms with Crippen LogP contribution in [0.2, 0.25) is 0 Å². The third kappa shape index (κ3) is 2.71. The van der Waals surface area contributed by atoms with Gasteiger partial charge in [-0.05, 0) is 24.4 Å². The van der Waals surface area contributed by atoms with Gasteiger partial charge in [-0.15, -0.1) is 11.3 Å². The van der Waals surface area contributed by atoms with Crippen molar-refractivity contribution in [2.45, 2.75) is 6.92 Å². The number of amides is 1. The SMILES string of the molecule is CCNC(=O)/C(C#N)=C/c1cccs1. The third-order valence-electron chi connectivity index (χ3n) is 1.53. The van der Waals surface area contributed by atoms with Gasteiger partial charge in [0.1, 0.15) is 11.6 Å². The molecule has 14 heavy (non-hydrogen) atoms. The van der Waals surface area contributed by atoms with E-state index in [1.807, 2.05) is 30.5 Å². The van der Waals surface area contributed by atoms with E-state index in [0.29, 0.717) is 6.54 Å². The minimum atomic E-state index is -0.316. The van der Waals surface area contributed by atoms with Gasteiger partial charge >= 0.3 is 0 Å². The predicted molar refractivity (Wildman–Crippen MR) is 56.6 cm³/mol. The smallest absolute Gasteiger partial charge is 0.261 e. The summed E-state index contributed by atoms with van der Waals surface area (Å²) < 4.78 is 0. The molecule has 0 aliphatic heterocycles. The van der Waals surface area contributed by atoms with E-state index in [0.717, 1.165) is 4.88 Å². The maximum absolute atomic E-state index is 11.3. The molecule has 0 radical (unpaired) electrons. The molecule has 0 atom stereocenters. The van der Waals surface area contributed by atoms with Crippen LogP contribution in [0.15, 0.2) is 23.1 Å². The van der Waals surface area contributed by atoms with E-state index < -0.39 is 0 Å². The van der Waals surface area contributed by atoms with E-state index in [-0.39, 0.29) is 11.5 Å². The van der Waals surface area contributed by atoms with Crippen molar-refractivity contribution in [1.82, 2.24) is 5.32 Å². The summed E-state index contributed by atoms with van der Waals surface area (Å²) in [6, 6.07) is 5.62. The number of hydrogen-bond acceptors (Lipinski definition) is 3. The van der Waals surface area contributed by atoms with Gasteiger partial charge in [0.15, 0.2) is 0 Å². The van der Waals surface area contributed by atoms with E-state index in [2.05, 4.69) is 5.32 Å². The molecule has 3 nitrogen and oxygen atoms in total. The Morgan fingerprint density at radius 3 is 3.07 bits per heavy atom. The highest BCUT2D eigenvalue weighted by Crippen LogP contribution is 2.12. The topological polar surface area (TPSA) is 52.9 Å². The largest absolute Gasteiger partial charge is 0.352 e. The molecule has 4 heteroatoms. The molecule has 1 N–H and O–H groups in total. The van der Waals surface area contributed by atoms with Gasteiger partial charge < -0.3 is 5.32 Å². The van der Waals surface area contributed by atoms with Crippen LogP contribution in [0.1, 0.15) is 11.8 Å². The van der Waals surface area contributed by atoms with Crippen molar-refractivity contribution in [1.29, 1.82) is 5.26 Å². The van der Waals surface area contributed by atoms with Gasteiger partial charge in [-0.25, -0.2) is 0 Å². The molecule has 1 aromatic heterocycles. The summed E-state index contributed by atoms with van der Waals surface area (Å²) in [6.45, 7) is 2.35. The monoisotopic (exact) mass is 206 g/mol. The number of rotatable bonds is 3. The first-order valence-corrected chi connectivity index (χ1v) is 5.09. The Morgan fingerprint density at radius 1 is 1.79 bits per heavy atom. The Bertz CT molecular complexity index is 373. The number of nitrogens with one attached hydrogen (secondary N) is 1. The summed E-state index contributed by atoms with van der Waals surface area (Å²) in [5.41, 5.74) is 0.148. The number of carbonyl (C=O) groups is 1. The van der Waals surface area contributed by atoms with Crippen LogP contribution < -0.4 is 5.32 Å². The zero-order valence-electron chi connectivity index (χ0n) is 7.78. The lowest BCUT2D eigenvalue weighted by molar-refractivity contribution is -0.116. The van der Waals surface area contributed by atoms with Crippen molar-refractivity contribution in [3.8, 4) is 6.07 Å². The first-order valence-electron chi connectivity index (χ1n) is 4.21. The van der Waals surface area contributed by atoms with E-state index >= 15 is 0 Å². The van der Waals surface area contributed by atoms with Crippen LogP contribution in [0.4, 0.5) is 0 Å². The summed E-state index contributed by atoms with van der Waals surface area (Å²) in [5.74, 6) is -0.316. The normalized spacial score (nSPS) is 10.7. The van der Waals surface area contributed by atoms with Crippen molar-refractivity contribution in [3.63, 3.8) is 0 Å². The second-order valence-electron chi connectivity index (χ2n) is 2.54. The Labute approximate surface area is 86.7 Å². The van der Waals surface area contributed by atoms with E-state index in [4.69, 9.17) is 5.26 Å². The van der Waals surface area contributed by atoms with Gasteiger partial charge in [0.05, 0.1) is 0 Å². The Hall–Kier alpha value is -1.60. The van der Waals surface area contributed by atoms with Gasteiger partial charge in [0.25, 0.3) is 5.91 Å². The van der Waals surface area contributed by atoms with Gasteiger partial charge in [0, 0.05) is 11.4 Å². The van der Waals surface area contributed by atoms with E-state index in [1.165, 1.54) is 11.3 Å². The van der Waals surface area contributed by atoms with Gasteiger partial charge in [-0.2, -0.15) is 5.26 Å². The second kappa shape index (κ2) is 5.20. The Morgan fingerprint density at radius 2 is 2.57 bits per heavy atom. The fourth-order valence-corrected chi connectivity index (χ4v) is 1.58. The van der Waals surface area contributed by atoms with Gasteiger partial charge in [0.2, 0.25) is 0 Å². The molecule has 0 aliphatic carbocycles. The molecule has 0 saturated heterocycles. The minimum Gasteiger partial charge on any atom is -0.352 e. The van der Waals surface area contributed by atoms with Crippen molar-refractivity contribution < 1.29 is 4.79 Å². The Balaban J connectivity index is 2.83. The zero-order chi connectivity index (χ0) is 10.4. The van der Waals surface area contributed by atoms with Crippen LogP contribution in [0.5, 0.6) is 0 Å². The number of nitriles is 1. The molecule has 72 valence electrons. The molecular weight excluding hydrogens is 196 g/mol. The molecule has 0 unspecified atom stereocenters. The molecule has 1 rings (SSSR count). The lowest BCUT2D eigenvalue weighted by Gasteiger charge is -1.98. The standard InChI is InChI=1S/C10H10N2OS/c1-2-12-10(13)8(7-11)6-9-4-3-5-14-9/h3-6H,2H2,1H3,(H,12,13)/b8-6+. The minimum absolute atomic E-state index is 0.148. The molecule has 0 aromatic carbocycles. The molecule has 1 amide bonds. The highest BCUT2D eigenvalue weighted by molar-refractivity contribution is 7.10. The summed E-state index contributed by atoms with van der Waals surface area (Å²) >= 11 is 1.49. The predicted octanol–water partition coefficient (Wildman–Crippen LogP) is 1.79. The zero-order valence-corrected chi connectivity index (χ0v) is 8.60. The van der Waals surface area contributed by atoms with Crippen molar-refractivity contribution in [3.05, 3.63) is 28.0 Å². The number of thiophene rings is 1. The third-order valence-corrected chi connectivity index (χ3v) is 2.35. The summed E-state index contributed by atoms with van der Waals surface area (Å²) in [7, 11) is 0. The molecule has 0 fully saturated rings. The number of nitrogens with zero attached hydrogens (tertiary/aromatic N) is 1. The number of likely N-dealkylation sites (N-methyl/N-ethyl adjacent to an activating group) is 1. The van der Waals surface area contributed by atoms with Crippen molar-refractivity contribution in [2.75, 3.05) is 6.54 Å². The van der Waals surface area contributed by atoms with Crippen LogP contribution in [-0.4, -0.2) is 12.5 Å². The summed E-state index contributed by atoms with van der Waals surface area (Å²) in [4.78, 5) is 12.2. The quantitative estimate of drug-likeness (QED) is 0.605. The van der Waals surface area contributed by atoms with Gasteiger partial charge in [-0.3, -0.25) is 4.79 Å². The van der Waals surface area contributed by atoms with Crippen molar-refractivity contribution >= 4 is 23.3 Å². The molecule has 0 saturated carbocycles. The molecule has 1 aromatic rings. The molecule has 0 aliphatic rings. The van der Waals surface area contributed by atoms with Crippen LogP contribution in [0.3, 0.4) is 0 Å². The highest BCUT2D eigenvalue weighted by Gasteiger charge is 2.06. The van der Waals surface area contributed by atoms with Crippen LogP contribution in [0.25, 0.3) is 6.08 Å². The van der Waals surface area contributed by atoms with E-state index in [1.54, 1.807) is 6.08 Å². The van der Waals surface area contributed by atoms with Crippen LogP contribution >= 0.6 is 11.3 Å².